The predicted octanol–water partition coefficient (Wildman–Crippen LogP) is 1.85. The molecule has 0 aliphatic rings. The van der Waals surface area contributed by atoms with E-state index in [1.165, 1.54) is 0 Å². The first-order valence-corrected chi connectivity index (χ1v) is 6.68. The summed E-state index contributed by atoms with van der Waals surface area (Å²) in [7, 11) is 3.92. The lowest BCUT2D eigenvalue weighted by Crippen LogP contribution is -2.51. The van der Waals surface area contributed by atoms with E-state index in [9.17, 15) is 4.79 Å². The Labute approximate surface area is 123 Å². The average molecular weight is 304 g/mol. The van der Waals surface area contributed by atoms with Crippen LogP contribution in [0.5, 0.6) is 0 Å². The van der Waals surface area contributed by atoms with Gasteiger partial charge in [0.2, 0.25) is 5.91 Å². The third kappa shape index (κ3) is 4.08. The minimum atomic E-state index is -0.968. The molecule has 0 bridgehead atoms. The number of rotatable bonds is 6. The average Bonchev–Trinajstić information content (AvgIpc) is 2.31. The number of primary amides is 1. The van der Waals surface area contributed by atoms with E-state index in [2.05, 4.69) is 5.32 Å². The van der Waals surface area contributed by atoms with Crippen molar-refractivity contribution in [2.24, 2.45) is 5.73 Å². The highest BCUT2D eigenvalue weighted by molar-refractivity contribution is 6.42. The third-order valence-electron chi connectivity index (χ3n) is 3.03. The van der Waals surface area contributed by atoms with Crippen molar-refractivity contribution in [2.75, 3.05) is 27.2 Å². The zero-order valence-corrected chi connectivity index (χ0v) is 12.8. The van der Waals surface area contributed by atoms with Gasteiger partial charge in [-0.25, -0.2) is 0 Å². The van der Waals surface area contributed by atoms with Gasteiger partial charge in [0.1, 0.15) is 5.54 Å². The summed E-state index contributed by atoms with van der Waals surface area (Å²) in [6, 6.07) is 5.08. The predicted molar refractivity (Wildman–Crippen MR) is 79.6 cm³/mol. The van der Waals surface area contributed by atoms with Gasteiger partial charge in [-0.1, -0.05) is 29.3 Å². The van der Waals surface area contributed by atoms with E-state index in [1.54, 1.807) is 25.1 Å². The van der Waals surface area contributed by atoms with Crippen molar-refractivity contribution >= 4 is 29.1 Å². The molecule has 1 atom stereocenters. The van der Waals surface area contributed by atoms with Gasteiger partial charge in [-0.3, -0.25) is 10.1 Å². The normalized spacial score (nSPS) is 14.4. The van der Waals surface area contributed by atoms with Gasteiger partial charge in [0.15, 0.2) is 0 Å². The molecule has 106 valence electrons. The summed E-state index contributed by atoms with van der Waals surface area (Å²) >= 11 is 11.9. The molecule has 0 spiro atoms. The monoisotopic (exact) mass is 303 g/mol. The summed E-state index contributed by atoms with van der Waals surface area (Å²) in [5.74, 6) is -0.454. The van der Waals surface area contributed by atoms with Crippen molar-refractivity contribution in [1.29, 1.82) is 0 Å². The zero-order chi connectivity index (χ0) is 14.6. The molecular weight excluding hydrogens is 285 g/mol. The van der Waals surface area contributed by atoms with Crippen LogP contribution in [-0.2, 0) is 10.3 Å². The van der Waals surface area contributed by atoms with Crippen LogP contribution in [0.15, 0.2) is 18.2 Å². The van der Waals surface area contributed by atoms with Crippen molar-refractivity contribution in [2.45, 2.75) is 12.5 Å². The standard InChI is InChI=1S/C13H19Cl2N3O/c1-13(12(16)19,17-6-7-18(2)3)9-4-5-10(14)11(15)8-9/h4-5,8,17H,6-7H2,1-3H3,(H2,16,19). The smallest absolute Gasteiger partial charge is 0.242 e. The van der Waals surface area contributed by atoms with E-state index in [-0.39, 0.29) is 0 Å². The fourth-order valence-electron chi connectivity index (χ4n) is 1.67. The maximum atomic E-state index is 11.8. The van der Waals surface area contributed by atoms with Crippen molar-refractivity contribution in [3.63, 3.8) is 0 Å². The highest BCUT2D eigenvalue weighted by Gasteiger charge is 2.32. The molecule has 1 amide bonds. The van der Waals surface area contributed by atoms with Gasteiger partial charge >= 0.3 is 0 Å². The molecule has 1 aromatic rings. The van der Waals surface area contributed by atoms with Crippen LogP contribution in [0.1, 0.15) is 12.5 Å². The highest BCUT2D eigenvalue weighted by atomic mass is 35.5. The minimum absolute atomic E-state index is 0.404. The largest absolute Gasteiger partial charge is 0.368 e. The van der Waals surface area contributed by atoms with Crippen LogP contribution in [0.2, 0.25) is 10.0 Å². The number of nitrogens with two attached hydrogens (primary N) is 1. The summed E-state index contributed by atoms with van der Waals surface area (Å²) in [4.78, 5) is 13.8. The third-order valence-corrected chi connectivity index (χ3v) is 3.77. The quantitative estimate of drug-likeness (QED) is 0.843. The Bertz CT molecular complexity index is 465. The number of halogens is 2. The number of carbonyl (C=O) groups excluding carboxylic acids is 1. The lowest BCUT2D eigenvalue weighted by Gasteiger charge is -2.29. The van der Waals surface area contributed by atoms with Crippen molar-refractivity contribution < 1.29 is 4.79 Å². The van der Waals surface area contributed by atoms with E-state index < -0.39 is 11.4 Å². The van der Waals surface area contributed by atoms with E-state index in [4.69, 9.17) is 28.9 Å². The van der Waals surface area contributed by atoms with Crippen LogP contribution < -0.4 is 11.1 Å². The van der Waals surface area contributed by atoms with Gasteiger partial charge in [-0.2, -0.15) is 0 Å². The van der Waals surface area contributed by atoms with Gasteiger partial charge in [0.25, 0.3) is 0 Å². The second-order valence-electron chi connectivity index (χ2n) is 4.85. The Balaban J connectivity index is 2.97. The summed E-state index contributed by atoms with van der Waals surface area (Å²) in [6.45, 7) is 3.17. The summed E-state index contributed by atoms with van der Waals surface area (Å²) in [6.07, 6.45) is 0. The number of carbonyl (C=O) groups is 1. The van der Waals surface area contributed by atoms with Crippen LogP contribution in [0.3, 0.4) is 0 Å². The van der Waals surface area contributed by atoms with Gasteiger partial charge in [0.05, 0.1) is 10.0 Å². The van der Waals surface area contributed by atoms with Crippen molar-refractivity contribution in [3.05, 3.63) is 33.8 Å². The second kappa shape index (κ2) is 6.57. The lowest BCUT2D eigenvalue weighted by atomic mass is 9.91. The molecule has 1 rings (SSSR count). The maximum Gasteiger partial charge on any atom is 0.242 e. The first-order chi connectivity index (χ1) is 8.77. The van der Waals surface area contributed by atoms with Gasteiger partial charge in [0, 0.05) is 13.1 Å². The van der Waals surface area contributed by atoms with E-state index in [0.29, 0.717) is 22.2 Å². The maximum absolute atomic E-state index is 11.8. The molecular formula is C13H19Cl2N3O. The van der Waals surface area contributed by atoms with Crippen LogP contribution in [0.4, 0.5) is 0 Å². The summed E-state index contributed by atoms with van der Waals surface area (Å²) in [5.41, 5.74) is 5.25. The van der Waals surface area contributed by atoms with Gasteiger partial charge in [-0.15, -0.1) is 0 Å². The van der Waals surface area contributed by atoms with E-state index in [1.807, 2.05) is 19.0 Å². The van der Waals surface area contributed by atoms with Crippen LogP contribution in [-0.4, -0.2) is 38.0 Å². The van der Waals surface area contributed by atoms with E-state index in [0.717, 1.165) is 6.54 Å². The number of likely N-dealkylation sites (N-methyl/N-ethyl adjacent to an activating group) is 1. The van der Waals surface area contributed by atoms with Crippen LogP contribution in [0.25, 0.3) is 0 Å². The van der Waals surface area contributed by atoms with Crippen molar-refractivity contribution in [3.8, 4) is 0 Å². The molecule has 19 heavy (non-hydrogen) atoms. The number of hydrogen-bond acceptors (Lipinski definition) is 3. The molecule has 0 aliphatic heterocycles. The molecule has 0 aliphatic carbocycles. The molecule has 0 saturated carbocycles. The number of nitrogens with zero attached hydrogens (tertiary/aromatic N) is 1. The second-order valence-corrected chi connectivity index (χ2v) is 5.66. The molecule has 0 fully saturated rings. The number of nitrogens with one attached hydrogen (secondary N) is 1. The number of amides is 1. The molecule has 4 nitrogen and oxygen atoms in total. The first-order valence-electron chi connectivity index (χ1n) is 5.92. The van der Waals surface area contributed by atoms with E-state index >= 15 is 0 Å². The number of hydrogen-bond donors (Lipinski definition) is 2. The molecule has 6 heteroatoms. The Morgan fingerprint density at radius 3 is 2.47 bits per heavy atom. The van der Waals surface area contributed by atoms with Crippen molar-refractivity contribution in [1.82, 2.24) is 10.2 Å². The molecule has 1 unspecified atom stereocenters. The fraction of sp³-hybridized carbons (Fsp3) is 0.462. The Kier molecular flexibility index (Phi) is 5.62. The molecule has 1 aromatic carbocycles. The topological polar surface area (TPSA) is 58.4 Å². The SMILES string of the molecule is CN(C)CCNC(C)(C(N)=O)c1ccc(Cl)c(Cl)c1. The molecule has 0 radical (unpaired) electrons. The zero-order valence-electron chi connectivity index (χ0n) is 11.3. The fourth-order valence-corrected chi connectivity index (χ4v) is 1.97. The lowest BCUT2D eigenvalue weighted by molar-refractivity contribution is -0.124. The Morgan fingerprint density at radius 1 is 1.37 bits per heavy atom. The van der Waals surface area contributed by atoms with Gasteiger partial charge < -0.3 is 10.6 Å². The Morgan fingerprint density at radius 2 is 2.00 bits per heavy atom. The molecule has 3 N–H and O–H groups in total. The Hall–Kier alpha value is -0.810. The highest BCUT2D eigenvalue weighted by Crippen LogP contribution is 2.28. The molecule has 0 aromatic heterocycles. The van der Waals surface area contributed by atoms with Crippen LogP contribution >= 0.6 is 23.2 Å². The minimum Gasteiger partial charge on any atom is -0.368 e. The molecule has 0 saturated heterocycles. The summed E-state index contributed by atoms with van der Waals surface area (Å²) in [5, 5.41) is 4.03. The number of benzene rings is 1. The summed E-state index contributed by atoms with van der Waals surface area (Å²) < 4.78 is 0. The first kappa shape index (κ1) is 16.2. The van der Waals surface area contributed by atoms with Gasteiger partial charge in [-0.05, 0) is 38.7 Å². The molecule has 0 heterocycles. The van der Waals surface area contributed by atoms with Crippen LogP contribution in [0, 0.1) is 0 Å².